The number of carboxylic acids is 1. The first-order chi connectivity index (χ1) is 14.4. The van der Waals surface area contributed by atoms with Crippen LogP contribution in [0.3, 0.4) is 0 Å². The fourth-order valence-corrected chi connectivity index (χ4v) is 3.96. The van der Waals surface area contributed by atoms with Gasteiger partial charge in [-0.1, -0.05) is 26.8 Å². The van der Waals surface area contributed by atoms with E-state index in [0.29, 0.717) is 11.2 Å². The standard InChI is InChI=1S/C22H26N2O7/c1-13(25)31-22(20(28)29,21(2,3)4)18-19(27)24(10-11-30-18)15-8-6-14-7-9-17(26)23(5)16(14)12-15/h6-9,12,18H,10-11H2,1-5H3,(H,28,29)/t18-,22+/m0/s1. The third-order valence-corrected chi connectivity index (χ3v) is 5.62. The largest absolute Gasteiger partial charge is 0.478 e. The molecule has 1 aromatic heterocycles. The number of benzene rings is 1. The molecule has 1 saturated heterocycles. The lowest BCUT2D eigenvalue weighted by Gasteiger charge is -2.46. The molecule has 0 unspecified atom stereocenters. The van der Waals surface area contributed by atoms with Gasteiger partial charge in [0.1, 0.15) is 0 Å². The van der Waals surface area contributed by atoms with Crippen LogP contribution in [-0.2, 0) is 30.9 Å². The number of hydrogen-bond acceptors (Lipinski definition) is 6. The molecule has 1 N–H and O–H groups in total. The molecule has 1 aliphatic heterocycles. The van der Waals surface area contributed by atoms with Gasteiger partial charge in [-0.05, 0) is 23.6 Å². The summed E-state index contributed by atoms with van der Waals surface area (Å²) in [5, 5.41) is 10.9. The van der Waals surface area contributed by atoms with Gasteiger partial charge in [-0.2, -0.15) is 0 Å². The lowest BCUT2D eigenvalue weighted by atomic mass is 9.71. The maximum atomic E-state index is 13.5. The zero-order valence-corrected chi connectivity index (χ0v) is 18.2. The van der Waals surface area contributed by atoms with E-state index >= 15 is 0 Å². The summed E-state index contributed by atoms with van der Waals surface area (Å²) in [6, 6.07) is 8.35. The average Bonchev–Trinajstić information content (AvgIpc) is 2.68. The molecule has 1 amide bonds. The van der Waals surface area contributed by atoms with Crippen molar-refractivity contribution in [2.24, 2.45) is 12.5 Å². The summed E-state index contributed by atoms with van der Waals surface area (Å²) in [4.78, 5) is 51.1. The van der Waals surface area contributed by atoms with Gasteiger partial charge in [0, 0.05) is 37.7 Å². The highest BCUT2D eigenvalue weighted by Crippen LogP contribution is 2.41. The molecular weight excluding hydrogens is 404 g/mol. The number of esters is 1. The van der Waals surface area contributed by atoms with Crippen LogP contribution in [0.5, 0.6) is 0 Å². The van der Waals surface area contributed by atoms with Crippen molar-refractivity contribution in [3.8, 4) is 0 Å². The SMILES string of the molecule is CC(=O)O[C@@](C(=O)O)([C@H]1OCCN(c2ccc3ccc(=O)n(C)c3c2)C1=O)C(C)(C)C. The second-order valence-electron chi connectivity index (χ2n) is 8.60. The molecule has 2 aromatic rings. The van der Waals surface area contributed by atoms with Crippen LogP contribution in [-0.4, -0.2) is 52.4 Å². The number of fused-ring (bicyclic) bond motifs is 1. The summed E-state index contributed by atoms with van der Waals surface area (Å²) in [5.41, 5.74) is -2.45. The third-order valence-electron chi connectivity index (χ3n) is 5.62. The Kier molecular flexibility index (Phi) is 5.66. The van der Waals surface area contributed by atoms with Crippen LogP contribution in [0.15, 0.2) is 35.1 Å². The molecule has 2 atom stereocenters. The molecule has 166 valence electrons. The first kappa shape index (κ1) is 22.5. The zero-order valence-electron chi connectivity index (χ0n) is 18.2. The Bertz CT molecular complexity index is 1120. The van der Waals surface area contributed by atoms with Gasteiger partial charge in [0.2, 0.25) is 5.60 Å². The van der Waals surface area contributed by atoms with Crippen LogP contribution in [0.2, 0.25) is 0 Å². The highest BCUT2D eigenvalue weighted by molar-refractivity contribution is 6.03. The van der Waals surface area contributed by atoms with Crippen molar-refractivity contribution in [3.05, 3.63) is 40.7 Å². The maximum Gasteiger partial charge on any atom is 0.352 e. The molecule has 0 saturated carbocycles. The Morgan fingerprint density at radius 2 is 1.81 bits per heavy atom. The number of aromatic nitrogens is 1. The zero-order chi connectivity index (χ0) is 23.1. The van der Waals surface area contributed by atoms with Crippen LogP contribution in [0.25, 0.3) is 10.9 Å². The maximum absolute atomic E-state index is 13.5. The Morgan fingerprint density at radius 1 is 1.16 bits per heavy atom. The molecule has 0 aliphatic carbocycles. The third kappa shape index (κ3) is 3.69. The predicted octanol–water partition coefficient (Wildman–Crippen LogP) is 1.70. The number of carbonyl (C=O) groups is 3. The molecule has 0 bridgehead atoms. The normalized spacial score (nSPS) is 19.2. The quantitative estimate of drug-likeness (QED) is 0.734. The van der Waals surface area contributed by atoms with Crippen LogP contribution in [0.4, 0.5) is 5.69 Å². The van der Waals surface area contributed by atoms with Gasteiger partial charge in [-0.3, -0.25) is 14.4 Å². The molecular formula is C22H26N2O7. The van der Waals surface area contributed by atoms with Crippen LogP contribution < -0.4 is 10.5 Å². The summed E-state index contributed by atoms with van der Waals surface area (Å²) in [6.45, 7) is 6.05. The molecule has 1 aromatic carbocycles. The van der Waals surface area contributed by atoms with Gasteiger partial charge in [0.25, 0.3) is 11.5 Å². The molecule has 1 aliphatic rings. The topological polar surface area (TPSA) is 115 Å². The first-order valence-electron chi connectivity index (χ1n) is 9.86. The van der Waals surface area contributed by atoms with Gasteiger partial charge in [0.05, 0.1) is 12.1 Å². The van der Waals surface area contributed by atoms with E-state index in [1.807, 2.05) is 0 Å². The molecule has 3 rings (SSSR count). The lowest BCUT2D eigenvalue weighted by molar-refractivity contribution is -0.218. The minimum absolute atomic E-state index is 0.0501. The summed E-state index contributed by atoms with van der Waals surface area (Å²) >= 11 is 0. The van der Waals surface area contributed by atoms with Crippen LogP contribution in [0.1, 0.15) is 27.7 Å². The van der Waals surface area contributed by atoms with Crippen molar-refractivity contribution in [2.45, 2.75) is 39.4 Å². The minimum atomic E-state index is -2.22. The van der Waals surface area contributed by atoms with E-state index in [2.05, 4.69) is 0 Å². The van der Waals surface area contributed by atoms with E-state index in [9.17, 15) is 24.3 Å². The number of aryl methyl sites for hydroxylation is 1. The van der Waals surface area contributed by atoms with E-state index < -0.39 is 35.0 Å². The van der Waals surface area contributed by atoms with Crippen molar-refractivity contribution in [3.63, 3.8) is 0 Å². The number of nitrogens with zero attached hydrogens (tertiary/aromatic N) is 2. The van der Waals surface area contributed by atoms with Crippen molar-refractivity contribution in [2.75, 3.05) is 18.1 Å². The molecule has 9 nitrogen and oxygen atoms in total. The lowest BCUT2D eigenvalue weighted by Crippen LogP contribution is -2.68. The minimum Gasteiger partial charge on any atom is -0.478 e. The fraction of sp³-hybridized carbons (Fsp3) is 0.455. The Labute approximate surface area is 179 Å². The summed E-state index contributed by atoms with van der Waals surface area (Å²) in [6.07, 6.45) is -1.54. The predicted molar refractivity (Wildman–Crippen MR) is 113 cm³/mol. The van der Waals surface area contributed by atoms with Gasteiger partial charge in [-0.15, -0.1) is 0 Å². The van der Waals surface area contributed by atoms with Crippen molar-refractivity contribution >= 4 is 34.4 Å². The number of amides is 1. The Balaban J connectivity index is 2.11. The Hall–Kier alpha value is -3.20. The number of aliphatic carboxylic acids is 1. The fourth-order valence-electron chi connectivity index (χ4n) is 3.96. The number of morpholine rings is 1. The van der Waals surface area contributed by atoms with Gasteiger partial charge in [0.15, 0.2) is 6.10 Å². The molecule has 1 fully saturated rings. The van der Waals surface area contributed by atoms with Gasteiger partial charge in [-0.25, -0.2) is 4.79 Å². The van der Waals surface area contributed by atoms with E-state index in [1.165, 1.54) is 15.5 Å². The second kappa shape index (κ2) is 7.81. The summed E-state index contributed by atoms with van der Waals surface area (Å²) in [5.74, 6) is -2.92. The van der Waals surface area contributed by atoms with Gasteiger partial charge < -0.3 is 24.0 Å². The summed E-state index contributed by atoms with van der Waals surface area (Å²) in [7, 11) is 1.63. The van der Waals surface area contributed by atoms with Crippen molar-refractivity contribution < 1.29 is 29.0 Å². The van der Waals surface area contributed by atoms with E-state index in [0.717, 1.165) is 12.3 Å². The molecule has 2 heterocycles. The number of carbonyl (C=O) groups excluding carboxylic acids is 2. The smallest absolute Gasteiger partial charge is 0.352 e. The van der Waals surface area contributed by atoms with Crippen molar-refractivity contribution in [1.29, 1.82) is 0 Å². The first-order valence-corrected chi connectivity index (χ1v) is 9.86. The number of anilines is 1. The Morgan fingerprint density at radius 3 is 2.39 bits per heavy atom. The molecule has 0 spiro atoms. The summed E-state index contributed by atoms with van der Waals surface area (Å²) < 4.78 is 12.4. The number of ether oxygens (including phenoxy) is 2. The van der Waals surface area contributed by atoms with E-state index in [-0.39, 0.29) is 18.7 Å². The molecule has 31 heavy (non-hydrogen) atoms. The van der Waals surface area contributed by atoms with Crippen LogP contribution in [0, 0.1) is 5.41 Å². The van der Waals surface area contributed by atoms with E-state index in [4.69, 9.17) is 9.47 Å². The second-order valence-corrected chi connectivity index (χ2v) is 8.60. The molecule has 9 heteroatoms. The monoisotopic (exact) mass is 430 g/mol. The van der Waals surface area contributed by atoms with E-state index in [1.54, 1.807) is 52.1 Å². The number of pyridine rings is 1. The number of carboxylic acid groups (broad SMARTS) is 1. The average molecular weight is 430 g/mol. The number of rotatable bonds is 4. The van der Waals surface area contributed by atoms with Gasteiger partial charge >= 0.3 is 11.9 Å². The molecule has 0 radical (unpaired) electrons. The van der Waals surface area contributed by atoms with Crippen molar-refractivity contribution in [1.82, 2.24) is 4.57 Å². The highest BCUT2D eigenvalue weighted by atomic mass is 16.6. The number of hydrogen-bond donors (Lipinski definition) is 1. The van der Waals surface area contributed by atoms with Crippen LogP contribution >= 0.6 is 0 Å². The highest BCUT2D eigenvalue weighted by Gasteiger charge is 2.63.